The van der Waals surface area contributed by atoms with E-state index in [-0.39, 0.29) is 17.5 Å². The Morgan fingerprint density at radius 1 is 1.21 bits per heavy atom. The highest BCUT2D eigenvalue weighted by molar-refractivity contribution is 7.10. The predicted octanol–water partition coefficient (Wildman–Crippen LogP) is 4.24. The molecule has 100 valence electrons. The molecule has 0 amide bonds. The van der Waals surface area contributed by atoms with Crippen LogP contribution in [0.25, 0.3) is 0 Å². The third kappa shape index (κ3) is 2.49. The summed E-state index contributed by atoms with van der Waals surface area (Å²) in [6.07, 6.45) is -3.57. The molecule has 1 aliphatic rings. The zero-order valence-electron chi connectivity index (χ0n) is 10.0. The van der Waals surface area contributed by atoms with Gasteiger partial charge in [0.05, 0.1) is 6.04 Å². The van der Waals surface area contributed by atoms with Crippen LogP contribution in [0.4, 0.5) is 14.5 Å². The Morgan fingerprint density at radius 2 is 2.00 bits per heavy atom. The molecular weight excluding hydrogens is 272 g/mol. The Bertz CT molecular complexity index is 586. The Labute approximate surface area is 112 Å². The lowest BCUT2D eigenvalue weighted by atomic mass is 10.2. The molecule has 3 rings (SSSR count). The molecule has 2 heterocycles. The minimum atomic E-state index is -3.57. The number of rotatable bonds is 3. The first kappa shape index (κ1) is 12.2. The van der Waals surface area contributed by atoms with Gasteiger partial charge in [0.2, 0.25) is 0 Å². The smallest absolute Gasteiger partial charge is 0.395 e. The third-order valence-corrected chi connectivity index (χ3v) is 3.81. The van der Waals surface area contributed by atoms with Crippen LogP contribution < -0.4 is 14.8 Å². The number of hydrogen-bond donors (Lipinski definition) is 1. The third-order valence-electron chi connectivity index (χ3n) is 2.75. The van der Waals surface area contributed by atoms with Crippen LogP contribution in [0.5, 0.6) is 11.5 Å². The number of nitrogens with one attached hydrogen (secondary N) is 1. The molecule has 1 atom stereocenters. The molecule has 19 heavy (non-hydrogen) atoms. The highest BCUT2D eigenvalue weighted by Gasteiger charge is 2.43. The van der Waals surface area contributed by atoms with E-state index < -0.39 is 6.29 Å². The van der Waals surface area contributed by atoms with Crippen molar-refractivity contribution < 1.29 is 18.3 Å². The predicted molar refractivity (Wildman–Crippen MR) is 69.0 cm³/mol. The van der Waals surface area contributed by atoms with Gasteiger partial charge < -0.3 is 14.8 Å². The average Bonchev–Trinajstić information content (AvgIpc) is 2.93. The number of anilines is 1. The monoisotopic (exact) mass is 283 g/mol. The van der Waals surface area contributed by atoms with Gasteiger partial charge in [0.15, 0.2) is 11.5 Å². The Balaban J connectivity index is 1.77. The van der Waals surface area contributed by atoms with Gasteiger partial charge in [-0.25, -0.2) is 0 Å². The van der Waals surface area contributed by atoms with Crippen LogP contribution in [0.1, 0.15) is 17.8 Å². The molecule has 1 N–H and O–H groups in total. The van der Waals surface area contributed by atoms with Crippen LogP contribution in [-0.2, 0) is 0 Å². The second-order valence-electron chi connectivity index (χ2n) is 4.21. The van der Waals surface area contributed by atoms with E-state index in [1.54, 1.807) is 17.4 Å². The molecule has 0 spiro atoms. The van der Waals surface area contributed by atoms with Crippen molar-refractivity contribution in [3.63, 3.8) is 0 Å². The van der Waals surface area contributed by atoms with Gasteiger partial charge in [-0.3, -0.25) is 0 Å². The van der Waals surface area contributed by atoms with E-state index in [0.29, 0.717) is 5.69 Å². The number of benzene rings is 1. The van der Waals surface area contributed by atoms with E-state index in [2.05, 4.69) is 14.8 Å². The molecule has 0 saturated carbocycles. The SMILES string of the molecule is CC(Nc1ccc2c(c1)OC(F)(F)O2)c1cccs1. The first-order chi connectivity index (χ1) is 9.03. The molecule has 2 aromatic rings. The Hall–Kier alpha value is -1.82. The van der Waals surface area contributed by atoms with Crippen LogP contribution in [0.15, 0.2) is 35.7 Å². The van der Waals surface area contributed by atoms with Gasteiger partial charge in [0, 0.05) is 16.6 Å². The number of halogens is 2. The topological polar surface area (TPSA) is 30.5 Å². The van der Waals surface area contributed by atoms with E-state index in [9.17, 15) is 8.78 Å². The summed E-state index contributed by atoms with van der Waals surface area (Å²) in [6, 6.07) is 8.76. The minimum Gasteiger partial charge on any atom is -0.395 e. The number of alkyl halides is 2. The average molecular weight is 283 g/mol. The molecule has 0 aliphatic carbocycles. The summed E-state index contributed by atoms with van der Waals surface area (Å²) < 4.78 is 34.5. The summed E-state index contributed by atoms with van der Waals surface area (Å²) in [5.41, 5.74) is 0.709. The zero-order chi connectivity index (χ0) is 13.5. The maximum absolute atomic E-state index is 12.9. The van der Waals surface area contributed by atoms with Crippen LogP contribution in [0, 0.1) is 0 Å². The second kappa shape index (κ2) is 4.38. The maximum atomic E-state index is 12.9. The number of fused-ring (bicyclic) bond motifs is 1. The largest absolute Gasteiger partial charge is 0.586 e. The van der Waals surface area contributed by atoms with Gasteiger partial charge in [0.1, 0.15) is 0 Å². The van der Waals surface area contributed by atoms with Crippen molar-refractivity contribution in [2.75, 3.05) is 5.32 Å². The fraction of sp³-hybridized carbons (Fsp3) is 0.231. The standard InChI is InChI=1S/C13H11F2NO2S/c1-8(12-3-2-6-19-12)16-9-4-5-10-11(7-9)18-13(14,15)17-10/h2-8,16H,1H3. The van der Waals surface area contributed by atoms with Gasteiger partial charge >= 0.3 is 6.29 Å². The van der Waals surface area contributed by atoms with Crippen LogP contribution in [-0.4, -0.2) is 6.29 Å². The zero-order valence-corrected chi connectivity index (χ0v) is 10.8. The maximum Gasteiger partial charge on any atom is 0.586 e. The van der Waals surface area contributed by atoms with Crippen molar-refractivity contribution in [2.45, 2.75) is 19.3 Å². The first-order valence-corrected chi connectivity index (χ1v) is 6.61. The summed E-state index contributed by atoms with van der Waals surface area (Å²) in [6.45, 7) is 2.00. The van der Waals surface area contributed by atoms with E-state index >= 15 is 0 Å². The van der Waals surface area contributed by atoms with E-state index in [1.165, 1.54) is 17.0 Å². The van der Waals surface area contributed by atoms with Gasteiger partial charge in [-0.2, -0.15) is 0 Å². The minimum absolute atomic E-state index is 0.0494. The van der Waals surface area contributed by atoms with Crippen molar-refractivity contribution in [3.8, 4) is 11.5 Å². The van der Waals surface area contributed by atoms with Gasteiger partial charge in [0.25, 0.3) is 0 Å². The lowest BCUT2D eigenvalue weighted by Gasteiger charge is -2.13. The second-order valence-corrected chi connectivity index (χ2v) is 5.19. The fourth-order valence-corrected chi connectivity index (χ4v) is 2.63. The normalized spacial score (nSPS) is 17.2. The first-order valence-electron chi connectivity index (χ1n) is 5.73. The number of hydrogen-bond acceptors (Lipinski definition) is 4. The van der Waals surface area contributed by atoms with Crippen molar-refractivity contribution in [2.24, 2.45) is 0 Å². The lowest BCUT2D eigenvalue weighted by molar-refractivity contribution is -0.286. The van der Waals surface area contributed by atoms with Gasteiger partial charge in [-0.05, 0) is 30.5 Å². The summed E-state index contributed by atoms with van der Waals surface area (Å²) >= 11 is 1.64. The molecule has 3 nitrogen and oxygen atoms in total. The Kier molecular flexibility index (Phi) is 2.82. The molecule has 1 aliphatic heterocycles. The number of ether oxygens (including phenoxy) is 2. The Morgan fingerprint density at radius 3 is 2.74 bits per heavy atom. The van der Waals surface area contributed by atoms with E-state index in [1.807, 2.05) is 24.4 Å². The fourth-order valence-electron chi connectivity index (χ4n) is 1.90. The summed E-state index contributed by atoms with van der Waals surface area (Å²) in [7, 11) is 0. The van der Waals surface area contributed by atoms with Crippen molar-refractivity contribution in [3.05, 3.63) is 40.6 Å². The van der Waals surface area contributed by atoms with Crippen molar-refractivity contribution in [1.82, 2.24) is 0 Å². The molecule has 1 aromatic carbocycles. The van der Waals surface area contributed by atoms with E-state index in [0.717, 1.165) is 0 Å². The van der Waals surface area contributed by atoms with Crippen molar-refractivity contribution >= 4 is 17.0 Å². The summed E-state index contributed by atoms with van der Waals surface area (Å²) in [5.74, 6) is 0.104. The number of thiophene rings is 1. The summed E-state index contributed by atoms with van der Waals surface area (Å²) in [4.78, 5) is 1.17. The molecular formula is C13H11F2NO2S. The lowest BCUT2D eigenvalue weighted by Crippen LogP contribution is -2.25. The summed E-state index contributed by atoms with van der Waals surface area (Å²) in [5, 5.41) is 5.23. The van der Waals surface area contributed by atoms with Crippen LogP contribution >= 0.6 is 11.3 Å². The molecule has 6 heteroatoms. The van der Waals surface area contributed by atoms with E-state index in [4.69, 9.17) is 0 Å². The van der Waals surface area contributed by atoms with Crippen LogP contribution in [0.2, 0.25) is 0 Å². The molecule has 0 fully saturated rings. The molecule has 0 bridgehead atoms. The quantitative estimate of drug-likeness (QED) is 0.913. The van der Waals surface area contributed by atoms with Crippen molar-refractivity contribution in [1.29, 1.82) is 0 Å². The molecule has 0 saturated heterocycles. The van der Waals surface area contributed by atoms with Crippen LogP contribution in [0.3, 0.4) is 0 Å². The van der Waals surface area contributed by atoms with Gasteiger partial charge in [-0.15, -0.1) is 20.1 Å². The van der Waals surface area contributed by atoms with Gasteiger partial charge in [-0.1, -0.05) is 6.07 Å². The highest BCUT2D eigenvalue weighted by atomic mass is 32.1. The molecule has 0 radical (unpaired) electrons. The molecule has 1 aromatic heterocycles. The highest BCUT2D eigenvalue weighted by Crippen LogP contribution is 2.42. The molecule has 1 unspecified atom stereocenters.